The predicted octanol–water partition coefficient (Wildman–Crippen LogP) is 23.1. The molecule has 0 aromatic heterocycles. The first-order chi connectivity index (χ1) is 38.8. The van der Waals surface area contributed by atoms with Crippen molar-refractivity contribution in [3.05, 3.63) is 156 Å². The summed E-state index contributed by atoms with van der Waals surface area (Å²) in [6.45, 7) is 41.4. The van der Waals surface area contributed by atoms with E-state index in [9.17, 15) is 0 Å². The Bertz CT molecular complexity index is 2320. The predicted molar refractivity (Wildman–Crippen MR) is 445 cm³/mol. The van der Waals surface area contributed by atoms with E-state index in [1.54, 1.807) is 0 Å². The Morgan fingerprint density at radius 1 is 0.354 bits per heavy atom. The van der Waals surface area contributed by atoms with Crippen molar-refractivity contribution in [2.45, 2.75) is 231 Å². The van der Waals surface area contributed by atoms with Gasteiger partial charge in [-0.3, -0.25) is 0 Å². The van der Waals surface area contributed by atoms with Crippen LogP contribution in [-0.2, 0) is 91.6 Å². The van der Waals surface area contributed by atoms with E-state index in [1.165, 1.54) is 87.0 Å². The number of fused-ring (bicyclic) bond motifs is 12. The molecule has 0 aromatic carbocycles. The molecule has 0 spiro atoms. The van der Waals surface area contributed by atoms with Gasteiger partial charge in [-0.15, -0.1) is 0 Å². The number of ether oxygens (including phenoxy) is 1. The number of methoxy groups -OCH3 is 1. The van der Waals surface area contributed by atoms with Crippen molar-refractivity contribution in [2.24, 2.45) is 101 Å². The van der Waals surface area contributed by atoms with Gasteiger partial charge in [0.05, 0.1) is 6.10 Å². The molecular weight excluding hydrogens is 1420 g/mol. The fraction of sp³-hybridized carbons (Fsp3) is 0.756. The largest absolute Gasteiger partial charge is 4.00 e. The number of hydrogen-bond acceptors (Lipinski definition) is 5. The molecule has 0 radical (unpaired) electrons. The summed E-state index contributed by atoms with van der Waals surface area (Å²) in [7, 11) is 13.4. The van der Waals surface area contributed by atoms with Gasteiger partial charge in [-0.2, -0.15) is 28.2 Å². The Balaban J connectivity index is -0.000000177. The number of hydrogen-bond donors (Lipinski definition) is 0. The van der Waals surface area contributed by atoms with Gasteiger partial charge in [-0.05, 0) is 159 Å². The molecule has 8 aliphatic carbocycles. The second kappa shape index (κ2) is 45.1. The van der Waals surface area contributed by atoms with E-state index in [4.69, 9.17) is 24.7 Å². The van der Waals surface area contributed by atoms with Gasteiger partial charge in [0.2, 0.25) is 0 Å². The van der Waals surface area contributed by atoms with Gasteiger partial charge in [0.1, 0.15) is 0 Å². The fourth-order valence-corrected chi connectivity index (χ4v) is 35.3. The van der Waals surface area contributed by atoms with Crippen LogP contribution in [0.25, 0.3) is 19.9 Å². The van der Waals surface area contributed by atoms with Gasteiger partial charge in [-0.25, -0.2) is 0 Å². The van der Waals surface area contributed by atoms with Crippen LogP contribution in [0.5, 0.6) is 0 Å². The maximum atomic E-state index is 5.94. The Hall–Kier alpha value is 1.68. The van der Waals surface area contributed by atoms with Crippen LogP contribution in [0.15, 0.2) is 47.1 Å². The number of allylic oxidation sites excluding steroid dienone is 4. The SMILES string of the molecule is C[N-][Si](C)(C)C1C2C(C)C(OC)C(C)CC2C2C=C(C)N(C)C21.C[N-][Si](C)(C)C1C2CC(C)CCC2C2C=C(C)N(C)C21.C[N-][Si](C)(C)C1C2CC(C)CCC2C2C=C(C)N(C)C21.C[N-][Si](C)(C)C1C2CCCC(C)C2C2C=C(C)N(C)C21.[CH3-].[CH3-].[CH3-].[CH3-].[CH3-].[CH3-].[CH3-].[CH3-].[CH3-].[CH3-].[CH3-].[CH3-].[Ti+4].[Ti+4].[Ti+4].[Ti+4]. The van der Waals surface area contributed by atoms with Crippen molar-refractivity contribution < 1.29 is 91.6 Å². The first-order valence-electron chi connectivity index (χ1n) is 34.5. The third-order valence-electron chi connectivity index (χ3n) is 28.0. The van der Waals surface area contributed by atoms with E-state index < -0.39 is 32.9 Å². The standard InChI is InChI=1S/C19H35N2OSi.3C17H31N2Si.12CH3.4Ti/c1-11-9-14-15-10-12(2)21(5)17(15)19(23(7,8)20-4)16(14)13(3)18(11)22-6;2*1-11-7-8-13-14-10-12(2)19(4)16(14)17(15(13)9-11)20(5,6)18-3;1-11-8-7-9-13-15(11)14-10-12(2)19(4)16(14)17(13)20(5,6)18-3;;;;;;;;;;;;;;;;/h10-11,13-19H,9H2,1-8H3;3*10-11,13-17H,7-9H2,1-6H3;12*1H3;;;;/q16*-1;4*+4. The molecule has 0 saturated heterocycles. The van der Waals surface area contributed by atoms with E-state index in [1.807, 2.05) is 7.11 Å². The molecule has 0 amide bonds. The molecule has 12 aliphatic rings. The van der Waals surface area contributed by atoms with E-state index in [-0.39, 0.29) is 176 Å². The molecule has 0 bridgehead atoms. The van der Waals surface area contributed by atoms with E-state index >= 15 is 0 Å². The zero-order valence-electron chi connectivity index (χ0n) is 72.4. The van der Waals surface area contributed by atoms with Gasteiger partial charge in [0, 0.05) is 106 Å². The van der Waals surface area contributed by atoms with Crippen molar-refractivity contribution in [1.29, 1.82) is 0 Å². The third kappa shape index (κ3) is 21.2. The van der Waals surface area contributed by atoms with Crippen LogP contribution in [0.2, 0.25) is 74.5 Å². The molecule has 8 fully saturated rings. The molecule has 4 heterocycles. The van der Waals surface area contributed by atoms with Crippen LogP contribution in [0, 0.1) is 190 Å². The summed E-state index contributed by atoms with van der Waals surface area (Å²) in [6, 6.07) is 2.91. The zero-order valence-corrected chi connectivity index (χ0v) is 82.6. The van der Waals surface area contributed by atoms with Crippen molar-refractivity contribution in [3.63, 3.8) is 0 Å². The second-order valence-corrected chi connectivity index (χ2v) is 50.9. The summed E-state index contributed by atoms with van der Waals surface area (Å²) in [6.07, 6.45) is 25.1. The summed E-state index contributed by atoms with van der Waals surface area (Å²) in [5.74, 6) is 14.4. The maximum absolute atomic E-state index is 5.94. The summed E-state index contributed by atoms with van der Waals surface area (Å²) in [5.41, 5.74) is 9.27. The molecule has 99 heavy (non-hydrogen) atoms. The first kappa shape index (κ1) is 116. The first-order valence-corrected chi connectivity index (χ1v) is 46.6. The van der Waals surface area contributed by atoms with Gasteiger partial charge in [0.25, 0.3) is 0 Å². The number of rotatable bonds is 9. The summed E-state index contributed by atoms with van der Waals surface area (Å²) < 4.78 is 5.94. The normalized spacial score (nSPS) is 37.7. The molecule has 8 saturated carbocycles. The average molecular weight is 1580 g/mol. The van der Waals surface area contributed by atoms with Gasteiger partial charge < -0.3 is 133 Å². The smallest absolute Gasteiger partial charge is 0.667 e. The van der Waals surface area contributed by atoms with E-state index in [2.05, 4.69) is 215 Å². The summed E-state index contributed by atoms with van der Waals surface area (Å²) >= 11 is 0. The Morgan fingerprint density at radius 3 is 0.980 bits per heavy atom. The van der Waals surface area contributed by atoms with Crippen LogP contribution >= 0.6 is 0 Å². The Labute approximate surface area is 689 Å². The second-order valence-electron chi connectivity index (χ2n) is 33.2. The van der Waals surface area contributed by atoms with E-state index in [0.29, 0.717) is 24.0 Å². The van der Waals surface area contributed by atoms with Crippen molar-refractivity contribution in [2.75, 3.05) is 63.5 Å². The minimum atomic E-state index is -1.62. The number of nitrogens with zero attached hydrogens (tertiary/aromatic N) is 8. The van der Waals surface area contributed by atoms with Gasteiger partial charge in [-0.1, -0.05) is 176 Å². The zero-order chi connectivity index (χ0) is 61.1. The molecule has 570 valence electrons. The van der Waals surface area contributed by atoms with Crippen molar-refractivity contribution in [3.8, 4) is 0 Å². The van der Waals surface area contributed by atoms with Crippen LogP contribution < -0.4 is 0 Å². The molecular formula is C82H164N8OSi4Ti4. The molecule has 0 N–H and O–H groups in total. The third-order valence-corrected chi connectivity index (χ3v) is 42.1. The summed E-state index contributed by atoms with van der Waals surface area (Å²) in [4.78, 5) is 30.1. The molecule has 12 rings (SSSR count). The minimum absolute atomic E-state index is 0. The minimum Gasteiger partial charge on any atom is -0.667 e. The van der Waals surface area contributed by atoms with Gasteiger partial charge in [0.15, 0.2) is 0 Å². The molecule has 0 aromatic rings. The van der Waals surface area contributed by atoms with Crippen molar-refractivity contribution >= 4 is 32.9 Å². The Morgan fingerprint density at radius 2 is 0.646 bits per heavy atom. The van der Waals surface area contributed by atoms with Crippen LogP contribution in [-0.4, -0.2) is 146 Å². The molecule has 26 unspecified atom stereocenters. The van der Waals surface area contributed by atoms with Crippen LogP contribution in [0.4, 0.5) is 0 Å². The fourth-order valence-electron chi connectivity index (χ4n) is 23.2. The quantitative estimate of drug-likeness (QED) is 0.170. The van der Waals surface area contributed by atoms with Crippen molar-refractivity contribution in [1.82, 2.24) is 19.6 Å². The average Bonchev–Trinajstić information content (AvgIpc) is 1.60. The van der Waals surface area contributed by atoms with Crippen LogP contribution in [0.3, 0.4) is 0 Å². The van der Waals surface area contributed by atoms with Gasteiger partial charge >= 0.3 is 86.9 Å². The summed E-state index contributed by atoms with van der Waals surface area (Å²) in [5, 5.41) is 0. The molecule has 17 heteroatoms. The molecule has 4 aliphatic heterocycles. The molecule has 26 atom stereocenters. The monoisotopic (exact) mass is 1580 g/mol. The topological polar surface area (TPSA) is 78.6 Å². The Kier molecular flexibility index (Phi) is 53.1. The van der Waals surface area contributed by atoms with E-state index in [0.717, 1.165) is 129 Å². The molecule has 9 nitrogen and oxygen atoms in total. The maximum Gasteiger partial charge on any atom is 4.00 e. The van der Waals surface area contributed by atoms with Crippen LogP contribution in [0.1, 0.15) is 127 Å².